The maximum Gasteiger partial charge on any atom is 0.254 e. The molecule has 0 spiro atoms. The molecule has 1 atom stereocenters. The van der Waals surface area contributed by atoms with E-state index in [1.165, 1.54) is 0 Å². The highest BCUT2D eigenvalue weighted by molar-refractivity contribution is 14.1. The molecule has 0 aromatic heterocycles. The van der Waals surface area contributed by atoms with E-state index >= 15 is 0 Å². The molecule has 0 aliphatic carbocycles. The number of nitrogens with zero attached hydrogens (tertiary/aromatic N) is 1. The molecule has 1 aromatic rings. The molecule has 2 N–H and O–H groups in total. The Labute approximate surface area is 140 Å². The first-order chi connectivity index (χ1) is 8.81. The molecular weight excluding hydrogens is 387 g/mol. The minimum atomic E-state index is -0.0107. The van der Waals surface area contributed by atoms with Crippen LogP contribution in [-0.2, 0) is 0 Å². The van der Waals surface area contributed by atoms with Crippen molar-refractivity contribution in [2.75, 3.05) is 13.1 Å². The molecule has 1 fully saturated rings. The predicted molar refractivity (Wildman–Crippen MR) is 93.4 cm³/mol. The SMILES string of the molecule is Cc1ccc(I)c(C(=O)N2CCC(N)C(C)(C)C2)c1.Cl. The standard InChI is InChI=1S/C15H21IN2O.ClH/c1-10-4-5-12(16)11(8-10)14(19)18-7-6-13(17)15(2,3)9-18;/h4-5,8,13H,6-7,9,17H2,1-3H3;1H. The lowest BCUT2D eigenvalue weighted by atomic mass is 9.79. The predicted octanol–water partition coefficient (Wildman–Crippen LogP) is 3.22. The number of hydrogen-bond acceptors (Lipinski definition) is 2. The van der Waals surface area contributed by atoms with Gasteiger partial charge in [0.1, 0.15) is 0 Å². The molecule has 112 valence electrons. The van der Waals surface area contributed by atoms with Crippen molar-refractivity contribution < 1.29 is 4.79 Å². The largest absolute Gasteiger partial charge is 0.338 e. The van der Waals surface area contributed by atoms with Gasteiger partial charge in [-0.3, -0.25) is 4.79 Å². The summed E-state index contributed by atoms with van der Waals surface area (Å²) in [6.45, 7) is 7.78. The highest BCUT2D eigenvalue weighted by atomic mass is 127. The summed E-state index contributed by atoms with van der Waals surface area (Å²) in [5, 5.41) is 0. The van der Waals surface area contributed by atoms with Crippen molar-refractivity contribution in [2.45, 2.75) is 33.2 Å². The molecule has 1 amide bonds. The third-order valence-corrected chi connectivity index (χ3v) is 4.89. The molecular formula is C15H22ClIN2O. The smallest absolute Gasteiger partial charge is 0.254 e. The van der Waals surface area contributed by atoms with Gasteiger partial charge in [-0.2, -0.15) is 0 Å². The van der Waals surface area contributed by atoms with Gasteiger partial charge in [0.05, 0.1) is 5.56 Å². The van der Waals surface area contributed by atoms with Crippen molar-refractivity contribution in [2.24, 2.45) is 11.1 Å². The Morgan fingerprint density at radius 3 is 2.70 bits per heavy atom. The number of halogens is 2. The van der Waals surface area contributed by atoms with Crippen molar-refractivity contribution in [1.82, 2.24) is 4.90 Å². The summed E-state index contributed by atoms with van der Waals surface area (Å²) < 4.78 is 1.01. The fraction of sp³-hybridized carbons (Fsp3) is 0.533. The lowest BCUT2D eigenvalue weighted by Crippen LogP contribution is -2.54. The van der Waals surface area contributed by atoms with Crippen LogP contribution < -0.4 is 5.73 Å². The quantitative estimate of drug-likeness (QED) is 0.725. The van der Waals surface area contributed by atoms with Gasteiger partial charge in [-0.1, -0.05) is 25.5 Å². The van der Waals surface area contributed by atoms with E-state index < -0.39 is 0 Å². The second kappa shape index (κ2) is 6.62. The van der Waals surface area contributed by atoms with Crippen LogP contribution in [0.1, 0.15) is 36.2 Å². The van der Waals surface area contributed by atoms with E-state index in [2.05, 4.69) is 36.4 Å². The van der Waals surface area contributed by atoms with Crippen LogP contribution in [0.2, 0.25) is 0 Å². The molecule has 1 saturated heterocycles. The number of nitrogens with two attached hydrogens (primary N) is 1. The topological polar surface area (TPSA) is 46.3 Å². The number of carbonyl (C=O) groups excluding carboxylic acids is 1. The minimum absolute atomic E-state index is 0. The van der Waals surface area contributed by atoms with Gasteiger partial charge < -0.3 is 10.6 Å². The van der Waals surface area contributed by atoms with Crippen molar-refractivity contribution >= 4 is 40.9 Å². The number of amides is 1. The Kier molecular flexibility index (Phi) is 5.87. The number of carbonyl (C=O) groups is 1. The third-order valence-electron chi connectivity index (χ3n) is 3.95. The average Bonchev–Trinajstić information content (AvgIpc) is 2.35. The molecule has 3 nitrogen and oxygen atoms in total. The maximum absolute atomic E-state index is 12.6. The van der Waals surface area contributed by atoms with Crippen LogP contribution >= 0.6 is 35.0 Å². The van der Waals surface area contributed by atoms with Gasteiger partial charge in [-0.25, -0.2) is 0 Å². The van der Waals surface area contributed by atoms with Crippen molar-refractivity contribution in [3.05, 3.63) is 32.9 Å². The second-order valence-corrected chi connectivity index (χ2v) is 7.26. The van der Waals surface area contributed by atoms with Crippen LogP contribution in [0, 0.1) is 15.9 Å². The van der Waals surface area contributed by atoms with Gasteiger partial charge >= 0.3 is 0 Å². The summed E-state index contributed by atoms with van der Waals surface area (Å²) in [4.78, 5) is 14.6. The molecule has 0 radical (unpaired) electrons. The van der Waals surface area contributed by atoms with Gasteiger partial charge in [-0.15, -0.1) is 12.4 Å². The Bertz CT molecular complexity index is 505. The van der Waals surface area contributed by atoms with Gasteiger partial charge in [-0.05, 0) is 53.5 Å². The van der Waals surface area contributed by atoms with Crippen LogP contribution in [0.25, 0.3) is 0 Å². The van der Waals surface area contributed by atoms with Crippen LogP contribution in [0.15, 0.2) is 18.2 Å². The van der Waals surface area contributed by atoms with Crippen LogP contribution in [0.4, 0.5) is 0 Å². The van der Waals surface area contributed by atoms with E-state index in [4.69, 9.17) is 5.73 Å². The van der Waals surface area contributed by atoms with Gasteiger partial charge in [0.15, 0.2) is 0 Å². The van der Waals surface area contributed by atoms with E-state index in [9.17, 15) is 4.79 Å². The highest BCUT2D eigenvalue weighted by Crippen LogP contribution is 2.29. The average molecular weight is 409 g/mol. The van der Waals surface area contributed by atoms with Crippen molar-refractivity contribution in [3.8, 4) is 0 Å². The first-order valence-electron chi connectivity index (χ1n) is 6.62. The molecule has 5 heteroatoms. The summed E-state index contributed by atoms with van der Waals surface area (Å²) in [6, 6.07) is 6.19. The van der Waals surface area contributed by atoms with E-state index in [1.807, 2.05) is 30.0 Å². The molecule has 1 heterocycles. The van der Waals surface area contributed by atoms with E-state index in [0.29, 0.717) is 0 Å². The van der Waals surface area contributed by atoms with Crippen LogP contribution in [0.5, 0.6) is 0 Å². The number of benzene rings is 1. The molecule has 1 aliphatic heterocycles. The number of piperidine rings is 1. The summed E-state index contributed by atoms with van der Waals surface area (Å²) >= 11 is 2.23. The van der Waals surface area contributed by atoms with Gasteiger partial charge in [0, 0.05) is 22.7 Å². The summed E-state index contributed by atoms with van der Waals surface area (Å²) in [5.41, 5.74) is 8.05. The summed E-state index contributed by atoms with van der Waals surface area (Å²) in [5.74, 6) is 0.132. The Morgan fingerprint density at radius 2 is 2.10 bits per heavy atom. The second-order valence-electron chi connectivity index (χ2n) is 6.09. The lowest BCUT2D eigenvalue weighted by Gasteiger charge is -2.42. The first-order valence-corrected chi connectivity index (χ1v) is 7.70. The molecule has 0 bridgehead atoms. The van der Waals surface area contributed by atoms with Gasteiger partial charge in [0.25, 0.3) is 5.91 Å². The highest BCUT2D eigenvalue weighted by Gasteiger charge is 2.35. The normalized spacial score (nSPS) is 21.2. The zero-order valence-corrected chi connectivity index (χ0v) is 15.1. The zero-order valence-electron chi connectivity index (χ0n) is 12.1. The molecule has 1 aliphatic rings. The Hall–Kier alpha value is -0.330. The Morgan fingerprint density at radius 1 is 1.45 bits per heavy atom. The van der Waals surface area contributed by atoms with E-state index in [0.717, 1.165) is 34.2 Å². The molecule has 20 heavy (non-hydrogen) atoms. The van der Waals surface area contributed by atoms with Crippen molar-refractivity contribution in [3.63, 3.8) is 0 Å². The third kappa shape index (κ3) is 3.65. The number of hydrogen-bond donors (Lipinski definition) is 1. The number of rotatable bonds is 1. The fourth-order valence-electron chi connectivity index (χ4n) is 2.52. The fourth-order valence-corrected chi connectivity index (χ4v) is 3.09. The van der Waals surface area contributed by atoms with Crippen LogP contribution in [-0.4, -0.2) is 29.9 Å². The lowest BCUT2D eigenvalue weighted by molar-refractivity contribution is 0.0532. The monoisotopic (exact) mass is 408 g/mol. The maximum atomic E-state index is 12.6. The van der Waals surface area contributed by atoms with Crippen molar-refractivity contribution in [1.29, 1.82) is 0 Å². The molecule has 2 rings (SSSR count). The summed E-state index contributed by atoms with van der Waals surface area (Å²) in [6.07, 6.45) is 0.876. The van der Waals surface area contributed by atoms with Gasteiger partial charge in [0.2, 0.25) is 0 Å². The molecule has 1 aromatic carbocycles. The van der Waals surface area contributed by atoms with Crippen LogP contribution in [0.3, 0.4) is 0 Å². The molecule has 1 unspecified atom stereocenters. The molecule has 0 saturated carbocycles. The summed E-state index contributed by atoms with van der Waals surface area (Å²) in [7, 11) is 0. The van der Waals surface area contributed by atoms with E-state index in [-0.39, 0.29) is 29.8 Å². The zero-order chi connectivity index (χ0) is 14.2. The number of aryl methyl sites for hydroxylation is 1. The first kappa shape index (κ1) is 17.7. The number of likely N-dealkylation sites (tertiary alicyclic amines) is 1. The van der Waals surface area contributed by atoms with E-state index in [1.54, 1.807) is 0 Å². The minimum Gasteiger partial charge on any atom is -0.338 e. The Balaban J connectivity index is 0.00000200.